The molecule has 5 heteroatoms. The third kappa shape index (κ3) is 2.80. The first-order valence-corrected chi connectivity index (χ1v) is 6.59. The highest BCUT2D eigenvalue weighted by Gasteiger charge is 2.01. The third-order valence-electron chi connectivity index (χ3n) is 2.16. The first-order chi connectivity index (χ1) is 7.65. The summed E-state index contributed by atoms with van der Waals surface area (Å²) in [5, 5.41) is 6.41. The minimum Gasteiger partial charge on any atom is -0.364 e. The second kappa shape index (κ2) is 4.93. The lowest BCUT2D eigenvalue weighted by atomic mass is 10.3. The van der Waals surface area contributed by atoms with Gasteiger partial charge in [-0.05, 0) is 41.4 Å². The lowest BCUT2D eigenvalue weighted by Gasteiger charge is -2.05. The zero-order valence-electron chi connectivity index (χ0n) is 9.12. The Bertz CT molecular complexity index is 496. The summed E-state index contributed by atoms with van der Waals surface area (Å²) in [5.74, 6) is 0.881. The zero-order valence-corrected chi connectivity index (χ0v) is 11.5. The van der Waals surface area contributed by atoms with E-state index in [1.54, 1.807) is 11.3 Å². The van der Waals surface area contributed by atoms with E-state index in [-0.39, 0.29) is 0 Å². The molecule has 0 amide bonds. The number of halogens is 1. The van der Waals surface area contributed by atoms with Crippen LogP contribution in [0, 0.1) is 13.8 Å². The topological polar surface area (TPSA) is 37.8 Å². The van der Waals surface area contributed by atoms with Gasteiger partial charge in [0.15, 0.2) is 0 Å². The smallest absolute Gasteiger partial charge is 0.126 e. The Morgan fingerprint density at radius 1 is 1.44 bits per heavy atom. The Morgan fingerprint density at radius 3 is 2.88 bits per heavy atom. The van der Waals surface area contributed by atoms with E-state index in [0.29, 0.717) is 0 Å². The predicted molar refractivity (Wildman–Crippen MR) is 70.9 cm³/mol. The van der Waals surface area contributed by atoms with Crippen LogP contribution in [0.5, 0.6) is 0 Å². The predicted octanol–water partition coefficient (Wildman–Crippen LogP) is 3.53. The van der Waals surface area contributed by atoms with Crippen molar-refractivity contribution in [3.8, 4) is 0 Å². The van der Waals surface area contributed by atoms with Crippen LogP contribution in [-0.4, -0.2) is 9.97 Å². The summed E-state index contributed by atoms with van der Waals surface area (Å²) in [6, 6.07) is 2.02. The van der Waals surface area contributed by atoms with Gasteiger partial charge in [0, 0.05) is 16.0 Å². The van der Waals surface area contributed by atoms with Crippen molar-refractivity contribution in [2.75, 3.05) is 5.32 Å². The van der Waals surface area contributed by atoms with Gasteiger partial charge < -0.3 is 5.32 Å². The Balaban J connectivity index is 2.02. The molecule has 0 radical (unpaired) electrons. The maximum absolute atomic E-state index is 4.38. The molecule has 0 unspecified atom stereocenters. The van der Waals surface area contributed by atoms with Crippen LogP contribution in [0.4, 0.5) is 5.82 Å². The molecule has 3 nitrogen and oxygen atoms in total. The van der Waals surface area contributed by atoms with Crippen LogP contribution in [0.3, 0.4) is 0 Å². The minimum atomic E-state index is 0.721. The van der Waals surface area contributed by atoms with Crippen LogP contribution in [0.25, 0.3) is 0 Å². The monoisotopic (exact) mass is 297 g/mol. The maximum Gasteiger partial charge on any atom is 0.126 e. The fraction of sp³-hybridized carbons (Fsp3) is 0.273. The number of pyridine rings is 1. The van der Waals surface area contributed by atoms with E-state index in [2.05, 4.69) is 36.6 Å². The molecule has 0 aliphatic rings. The van der Waals surface area contributed by atoms with Gasteiger partial charge in [0.1, 0.15) is 5.82 Å². The van der Waals surface area contributed by atoms with E-state index in [9.17, 15) is 0 Å². The van der Waals surface area contributed by atoms with E-state index < -0.39 is 0 Å². The van der Waals surface area contributed by atoms with Crippen LogP contribution in [0.2, 0.25) is 0 Å². The Morgan fingerprint density at radius 2 is 2.25 bits per heavy atom. The van der Waals surface area contributed by atoms with E-state index in [1.807, 2.05) is 26.1 Å². The summed E-state index contributed by atoms with van der Waals surface area (Å²) in [7, 11) is 0. The van der Waals surface area contributed by atoms with E-state index in [1.165, 1.54) is 5.56 Å². The number of rotatable bonds is 3. The quantitative estimate of drug-likeness (QED) is 0.942. The molecule has 84 valence electrons. The fourth-order valence-corrected chi connectivity index (χ4v) is 2.14. The molecule has 0 aliphatic heterocycles. The van der Waals surface area contributed by atoms with E-state index in [4.69, 9.17) is 0 Å². The minimum absolute atomic E-state index is 0.721. The SMILES string of the molecule is Cc1nc(CNc2cc(C)c(Br)cn2)cs1. The van der Waals surface area contributed by atoms with Crippen molar-refractivity contribution in [3.63, 3.8) is 0 Å². The lowest BCUT2D eigenvalue weighted by molar-refractivity contribution is 1.03. The number of hydrogen-bond acceptors (Lipinski definition) is 4. The van der Waals surface area contributed by atoms with Crippen molar-refractivity contribution in [1.29, 1.82) is 0 Å². The first-order valence-electron chi connectivity index (χ1n) is 4.92. The molecule has 0 saturated carbocycles. The van der Waals surface area contributed by atoms with Gasteiger partial charge in [0.25, 0.3) is 0 Å². The van der Waals surface area contributed by atoms with E-state index in [0.717, 1.165) is 27.5 Å². The highest BCUT2D eigenvalue weighted by atomic mass is 79.9. The largest absolute Gasteiger partial charge is 0.364 e. The van der Waals surface area contributed by atoms with Gasteiger partial charge >= 0.3 is 0 Å². The fourth-order valence-electron chi connectivity index (χ4n) is 1.31. The molecule has 16 heavy (non-hydrogen) atoms. The van der Waals surface area contributed by atoms with Crippen molar-refractivity contribution in [2.45, 2.75) is 20.4 Å². The Hall–Kier alpha value is -0.940. The number of nitrogens with one attached hydrogen (secondary N) is 1. The summed E-state index contributed by atoms with van der Waals surface area (Å²) < 4.78 is 1.03. The number of thiazole rings is 1. The summed E-state index contributed by atoms with van der Waals surface area (Å²) in [6.45, 7) is 4.78. The number of hydrogen-bond donors (Lipinski definition) is 1. The first kappa shape index (κ1) is 11.5. The number of nitrogens with zero attached hydrogens (tertiary/aromatic N) is 2. The third-order valence-corrected chi connectivity index (χ3v) is 3.82. The van der Waals surface area contributed by atoms with Crippen LogP contribution in [0.15, 0.2) is 22.1 Å². The Kier molecular flexibility index (Phi) is 3.56. The molecule has 2 aromatic heterocycles. The molecular formula is C11H12BrN3S. The Labute approximate surface area is 107 Å². The van der Waals surface area contributed by atoms with Gasteiger partial charge in [-0.15, -0.1) is 11.3 Å². The molecule has 2 rings (SSSR count). The van der Waals surface area contributed by atoms with Gasteiger partial charge in [-0.25, -0.2) is 9.97 Å². The lowest BCUT2D eigenvalue weighted by Crippen LogP contribution is -2.01. The average molecular weight is 298 g/mol. The molecule has 2 aromatic rings. The summed E-state index contributed by atoms with van der Waals surface area (Å²) in [6.07, 6.45) is 1.81. The van der Waals surface area contributed by atoms with Gasteiger partial charge in [-0.1, -0.05) is 0 Å². The molecule has 1 N–H and O–H groups in total. The van der Waals surface area contributed by atoms with Crippen molar-refractivity contribution >= 4 is 33.1 Å². The molecule has 2 heterocycles. The summed E-state index contributed by atoms with van der Waals surface area (Å²) in [5.41, 5.74) is 2.23. The normalized spacial score (nSPS) is 10.4. The molecule has 0 saturated heterocycles. The second-order valence-corrected chi connectivity index (χ2v) is 5.45. The van der Waals surface area contributed by atoms with Crippen molar-refractivity contribution in [1.82, 2.24) is 9.97 Å². The van der Waals surface area contributed by atoms with Crippen LogP contribution < -0.4 is 5.32 Å². The second-order valence-electron chi connectivity index (χ2n) is 3.53. The van der Waals surface area contributed by atoms with Crippen molar-refractivity contribution in [3.05, 3.63) is 38.4 Å². The van der Waals surface area contributed by atoms with E-state index >= 15 is 0 Å². The highest BCUT2D eigenvalue weighted by molar-refractivity contribution is 9.10. The summed E-state index contributed by atoms with van der Waals surface area (Å²) in [4.78, 5) is 8.66. The zero-order chi connectivity index (χ0) is 11.5. The van der Waals surface area contributed by atoms with Crippen LogP contribution in [-0.2, 0) is 6.54 Å². The summed E-state index contributed by atoms with van der Waals surface area (Å²) >= 11 is 5.09. The van der Waals surface area contributed by atoms with Gasteiger partial charge in [-0.3, -0.25) is 0 Å². The number of aromatic nitrogens is 2. The molecule has 0 spiro atoms. The molecule has 0 aromatic carbocycles. The molecular weight excluding hydrogens is 286 g/mol. The van der Waals surface area contributed by atoms with Crippen LogP contribution >= 0.6 is 27.3 Å². The van der Waals surface area contributed by atoms with Gasteiger partial charge in [-0.2, -0.15) is 0 Å². The number of anilines is 1. The van der Waals surface area contributed by atoms with Gasteiger partial charge in [0.2, 0.25) is 0 Å². The average Bonchev–Trinajstić information content (AvgIpc) is 2.66. The molecule has 0 aliphatic carbocycles. The molecule has 0 atom stereocenters. The maximum atomic E-state index is 4.38. The molecule has 0 bridgehead atoms. The molecule has 0 fully saturated rings. The van der Waals surface area contributed by atoms with Crippen LogP contribution in [0.1, 0.15) is 16.3 Å². The number of aryl methyl sites for hydroxylation is 2. The van der Waals surface area contributed by atoms with Gasteiger partial charge in [0.05, 0.1) is 17.2 Å². The van der Waals surface area contributed by atoms with Crippen molar-refractivity contribution < 1.29 is 0 Å². The van der Waals surface area contributed by atoms with Crippen molar-refractivity contribution in [2.24, 2.45) is 0 Å². The standard InChI is InChI=1S/C11H12BrN3S/c1-7-3-11(14-5-10(7)12)13-4-9-6-16-8(2)15-9/h3,5-6H,4H2,1-2H3,(H,13,14). The highest BCUT2D eigenvalue weighted by Crippen LogP contribution is 2.17.